The average Bonchev–Trinajstić information content (AvgIpc) is 3.31. The molecular weight excluding hydrogens is 406 g/mol. The molecule has 0 N–H and O–H groups in total. The van der Waals surface area contributed by atoms with E-state index < -0.39 is 0 Å². The Morgan fingerprint density at radius 2 is 1.55 bits per heavy atom. The van der Waals surface area contributed by atoms with E-state index in [1.54, 1.807) is 5.01 Å². The van der Waals surface area contributed by atoms with Crippen LogP contribution in [-0.4, -0.2) is 35.1 Å². The van der Waals surface area contributed by atoms with Crippen LogP contribution in [0.5, 0.6) is 0 Å². The highest BCUT2D eigenvalue weighted by Gasteiger charge is 2.33. The van der Waals surface area contributed by atoms with Gasteiger partial charge in [-0.15, -0.1) is 0 Å². The van der Waals surface area contributed by atoms with E-state index in [1.807, 2.05) is 60.5 Å². The van der Waals surface area contributed by atoms with Crippen LogP contribution in [0.3, 0.4) is 0 Å². The van der Waals surface area contributed by atoms with Gasteiger partial charge in [0.2, 0.25) is 0 Å². The number of benzene rings is 4. The quantitative estimate of drug-likeness (QED) is 0.394. The number of amides is 1. The maximum Gasteiger partial charge on any atom is 0.257 e. The monoisotopic (exact) mass is 433 g/mol. The molecule has 1 heterocycles. The van der Waals surface area contributed by atoms with Crippen LogP contribution in [0, 0.1) is 0 Å². The van der Waals surface area contributed by atoms with Crippen LogP contribution in [0.15, 0.2) is 108 Å². The van der Waals surface area contributed by atoms with Crippen molar-refractivity contribution in [2.24, 2.45) is 5.10 Å². The highest BCUT2D eigenvalue weighted by molar-refractivity contribution is 6.05. The molecule has 4 aromatic rings. The molecule has 0 aliphatic carbocycles. The van der Waals surface area contributed by atoms with Gasteiger partial charge in [0.25, 0.3) is 5.91 Å². The van der Waals surface area contributed by atoms with Gasteiger partial charge in [0.15, 0.2) is 0 Å². The Kier molecular flexibility index (Phi) is 6.01. The molecule has 1 atom stereocenters. The second-order valence-electron chi connectivity index (χ2n) is 8.64. The molecular formula is C29H27N3O. The average molecular weight is 434 g/mol. The van der Waals surface area contributed by atoms with Crippen molar-refractivity contribution in [3.8, 4) is 0 Å². The topological polar surface area (TPSA) is 35.9 Å². The van der Waals surface area contributed by atoms with Crippen molar-refractivity contribution in [2.45, 2.75) is 19.0 Å². The van der Waals surface area contributed by atoms with Crippen molar-refractivity contribution in [3.05, 3.63) is 120 Å². The maximum atomic E-state index is 13.4. The lowest BCUT2D eigenvalue weighted by Crippen LogP contribution is -2.36. The number of fused-ring (bicyclic) bond motifs is 1. The number of carbonyl (C=O) groups is 1. The summed E-state index contributed by atoms with van der Waals surface area (Å²) in [5, 5.41) is 8.94. The number of hydrogen-bond acceptors (Lipinski definition) is 3. The normalized spacial score (nSPS) is 15.8. The van der Waals surface area contributed by atoms with E-state index in [1.165, 1.54) is 16.3 Å². The van der Waals surface area contributed by atoms with Crippen LogP contribution in [0.2, 0.25) is 0 Å². The van der Waals surface area contributed by atoms with Crippen LogP contribution < -0.4 is 0 Å². The van der Waals surface area contributed by atoms with Gasteiger partial charge in [0.05, 0.1) is 18.3 Å². The van der Waals surface area contributed by atoms with Crippen molar-refractivity contribution >= 4 is 22.4 Å². The van der Waals surface area contributed by atoms with Crippen LogP contribution in [0.25, 0.3) is 10.8 Å². The molecule has 1 unspecified atom stereocenters. The Bertz CT molecular complexity index is 1280. The van der Waals surface area contributed by atoms with Crippen molar-refractivity contribution in [3.63, 3.8) is 0 Å². The Hall–Kier alpha value is -3.76. The Morgan fingerprint density at radius 3 is 2.30 bits per heavy atom. The molecule has 4 heteroatoms. The fraction of sp³-hybridized carbons (Fsp3) is 0.172. The third-order valence-corrected chi connectivity index (χ3v) is 6.13. The number of carbonyl (C=O) groups excluding carboxylic acids is 1. The molecule has 0 spiro atoms. The first-order valence-electron chi connectivity index (χ1n) is 11.3. The zero-order valence-corrected chi connectivity index (χ0v) is 18.8. The van der Waals surface area contributed by atoms with E-state index in [4.69, 9.17) is 5.10 Å². The Labute approximate surface area is 194 Å². The number of hydrazone groups is 1. The van der Waals surface area contributed by atoms with E-state index in [0.29, 0.717) is 13.0 Å². The molecule has 4 aromatic carbocycles. The summed E-state index contributed by atoms with van der Waals surface area (Å²) in [6.07, 6.45) is 0.705. The van der Waals surface area contributed by atoms with E-state index in [0.717, 1.165) is 23.4 Å². The predicted molar refractivity (Wildman–Crippen MR) is 134 cm³/mol. The summed E-state index contributed by atoms with van der Waals surface area (Å²) in [4.78, 5) is 15.4. The highest BCUT2D eigenvalue weighted by Crippen LogP contribution is 2.33. The molecule has 4 nitrogen and oxygen atoms in total. The minimum absolute atomic E-state index is 0.0121. The lowest BCUT2D eigenvalue weighted by molar-refractivity contribution is -0.134. The first-order valence-corrected chi connectivity index (χ1v) is 11.3. The molecule has 0 fully saturated rings. The van der Waals surface area contributed by atoms with Crippen LogP contribution in [0.4, 0.5) is 0 Å². The highest BCUT2D eigenvalue weighted by atomic mass is 16.2. The van der Waals surface area contributed by atoms with Gasteiger partial charge in [-0.3, -0.25) is 9.69 Å². The molecule has 1 aliphatic rings. The van der Waals surface area contributed by atoms with E-state index >= 15 is 0 Å². The number of likely N-dealkylation sites (N-methyl/N-ethyl adjacent to an activating group) is 1. The molecule has 164 valence electrons. The predicted octanol–water partition coefficient (Wildman–Crippen LogP) is 5.65. The van der Waals surface area contributed by atoms with Crippen LogP contribution >= 0.6 is 0 Å². The smallest absolute Gasteiger partial charge is 0.257 e. The molecule has 1 amide bonds. The van der Waals surface area contributed by atoms with Crippen LogP contribution in [0.1, 0.15) is 29.2 Å². The standard InChI is InChI=1S/C29H27N3O/c1-31(20-22-10-4-2-5-11-22)21-29(33)32-28(24-13-6-3-7-14-24)19-27(30-32)26-17-16-23-12-8-9-15-25(23)18-26/h2-18,28H,19-21H2,1H3. The summed E-state index contributed by atoms with van der Waals surface area (Å²) in [6, 6.07) is 35.1. The Balaban J connectivity index is 1.41. The first-order chi connectivity index (χ1) is 16.2. The third-order valence-electron chi connectivity index (χ3n) is 6.13. The lowest BCUT2D eigenvalue weighted by atomic mass is 9.97. The molecule has 33 heavy (non-hydrogen) atoms. The van der Waals surface area contributed by atoms with Crippen molar-refractivity contribution in [1.82, 2.24) is 9.91 Å². The zero-order chi connectivity index (χ0) is 22.6. The van der Waals surface area contributed by atoms with Crippen molar-refractivity contribution < 1.29 is 4.79 Å². The zero-order valence-electron chi connectivity index (χ0n) is 18.8. The third kappa shape index (κ3) is 4.71. The van der Waals surface area contributed by atoms with Gasteiger partial charge < -0.3 is 0 Å². The van der Waals surface area contributed by atoms with Gasteiger partial charge in [0, 0.05) is 13.0 Å². The van der Waals surface area contributed by atoms with Gasteiger partial charge in [-0.2, -0.15) is 5.10 Å². The lowest BCUT2D eigenvalue weighted by Gasteiger charge is -2.24. The molecule has 0 bridgehead atoms. The van der Waals surface area contributed by atoms with Gasteiger partial charge in [-0.25, -0.2) is 5.01 Å². The second kappa shape index (κ2) is 9.39. The molecule has 0 aromatic heterocycles. The fourth-order valence-corrected chi connectivity index (χ4v) is 4.47. The van der Waals surface area contributed by atoms with E-state index in [-0.39, 0.29) is 11.9 Å². The van der Waals surface area contributed by atoms with E-state index in [9.17, 15) is 4.79 Å². The minimum Gasteiger partial charge on any atom is -0.293 e. The number of rotatable bonds is 6. The van der Waals surface area contributed by atoms with E-state index in [2.05, 4.69) is 54.6 Å². The largest absolute Gasteiger partial charge is 0.293 e. The first kappa shape index (κ1) is 21.1. The van der Waals surface area contributed by atoms with Gasteiger partial charge in [-0.05, 0) is 40.6 Å². The summed E-state index contributed by atoms with van der Waals surface area (Å²) in [6.45, 7) is 1.03. The number of hydrogen-bond donors (Lipinski definition) is 0. The summed E-state index contributed by atoms with van der Waals surface area (Å²) in [5.41, 5.74) is 4.32. The molecule has 0 saturated heterocycles. The summed E-state index contributed by atoms with van der Waals surface area (Å²) < 4.78 is 0. The molecule has 5 rings (SSSR count). The summed E-state index contributed by atoms with van der Waals surface area (Å²) in [7, 11) is 1.98. The Morgan fingerprint density at radius 1 is 0.879 bits per heavy atom. The SMILES string of the molecule is CN(CC(=O)N1N=C(c2ccc3ccccc3c2)CC1c1ccccc1)Cc1ccccc1. The van der Waals surface area contributed by atoms with Gasteiger partial charge in [-0.1, -0.05) is 97.1 Å². The molecule has 0 saturated carbocycles. The van der Waals surface area contributed by atoms with Crippen molar-refractivity contribution in [1.29, 1.82) is 0 Å². The molecule has 1 aliphatic heterocycles. The fourth-order valence-electron chi connectivity index (χ4n) is 4.47. The molecule has 0 radical (unpaired) electrons. The maximum absolute atomic E-state index is 13.4. The second-order valence-corrected chi connectivity index (χ2v) is 8.64. The van der Waals surface area contributed by atoms with Gasteiger partial charge >= 0.3 is 0 Å². The van der Waals surface area contributed by atoms with Crippen LogP contribution in [-0.2, 0) is 11.3 Å². The number of nitrogens with zero attached hydrogens (tertiary/aromatic N) is 3. The summed E-state index contributed by atoms with van der Waals surface area (Å²) in [5.74, 6) is 0.0121. The minimum atomic E-state index is -0.0923. The van der Waals surface area contributed by atoms with Gasteiger partial charge in [0.1, 0.15) is 0 Å². The van der Waals surface area contributed by atoms with Crippen molar-refractivity contribution in [2.75, 3.05) is 13.6 Å². The summed E-state index contributed by atoms with van der Waals surface area (Å²) >= 11 is 0.